The summed E-state index contributed by atoms with van der Waals surface area (Å²) in [7, 11) is 2.95. The molecule has 6 heteroatoms. The average Bonchev–Trinajstić information content (AvgIpc) is 2.31. The number of halogens is 1. The highest BCUT2D eigenvalue weighted by Crippen LogP contribution is 2.16. The molecule has 0 atom stereocenters. The number of hydrogen-bond acceptors (Lipinski definition) is 2. The van der Waals surface area contributed by atoms with Crippen molar-refractivity contribution in [3.8, 4) is 0 Å². The van der Waals surface area contributed by atoms with Crippen molar-refractivity contribution >= 4 is 40.3 Å². The second-order valence-electron chi connectivity index (χ2n) is 2.92. The van der Waals surface area contributed by atoms with E-state index in [0.717, 1.165) is 8.47 Å². The van der Waals surface area contributed by atoms with Crippen LogP contribution >= 0.6 is 22.6 Å². The summed E-state index contributed by atoms with van der Waals surface area (Å²) in [6.45, 7) is 0. The van der Waals surface area contributed by atoms with Gasteiger partial charge in [0, 0.05) is 17.7 Å². The Morgan fingerprint density at radius 2 is 1.50 bits per heavy atom. The van der Waals surface area contributed by atoms with Gasteiger partial charge in [0.15, 0.2) is 0 Å². The van der Waals surface area contributed by atoms with Crippen LogP contribution in [0.5, 0.6) is 0 Å². The third kappa shape index (κ3) is 2.84. The van der Waals surface area contributed by atoms with E-state index < -0.39 is 12.1 Å². The van der Waals surface area contributed by atoms with Crippen molar-refractivity contribution in [2.45, 2.75) is 0 Å². The monoisotopic (exact) mass is 333 g/mol. The van der Waals surface area contributed by atoms with Gasteiger partial charge in [0.05, 0.1) is 5.69 Å². The van der Waals surface area contributed by atoms with Crippen molar-refractivity contribution < 1.29 is 9.59 Å². The van der Waals surface area contributed by atoms with Gasteiger partial charge in [-0.15, -0.1) is 0 Å². The molecule has 4 amide bonds. The molecule has 1 rings (SSSR count). The summed E-state index contributed by atoms with van der Waals surface area (Å²) in [5.74, 6) is 0. The Hall–Kier alpha value is -1.31. The number of imide groups is 1. The molecule has 0 radical (unpaired) electrons. The van der Waals surface area contributed by atoms with Gasteiger partial charge in [-0.3, -0.25) is 0 Å². The zero-order valence-electron chi connectivity index (χ0n) is 8.95. The molecule has 0 fully saturated rings. The molecule has 16 heavy (non-hydrogen) atoms. The van der Waals surface area contributed by atoms with Crippen LogP contribution in [0.2, 0.25) is 0 Å². The second-order valence-corrected chi connectivity index (χ2v) is 4.17. The highest BCUT2D eigenvalue weighted by molar-refractivity contribution is 14.1. The second kappa shape index (κ2) is 5.69. The fourth-order valence-corrected chi connectivity index (χ4v) is 1.50. The number of benzene rings is 1. The molecule has 5 nitrogen and oxygen atoms in total. The third-order valence-corrected chi connectivity index (χ3v) is 2.64. The first-order chi connectivity index (χ1) is 7.60. The van der Waals surface area contributed by atoms with Crippen LogP contribution in [0.15, 0.2) is 24.3 Å². The zero-order chi connectivity index (χ0) is 12.1. The molecule has 0 aromatic heterocycles. The van der Waals surface area contributed by atoms with Crippen molar-refractivity contribution in [3.05, 3.63) is 27.8 Å². The van der Waals surface area contributed by atoms with Gasteiger partial charge in [-0.1, -0.05) is 0 Å². The van der Waals surface area contributed by atoms with Crippen LogP contribution in [-0.2, 0) is 0 Å². The number of urea groups is 2. The van der Waals surface area contributed by atoms with Crippen molar-refractivity contribution in [1.82, 2.24) is 10.6 Å². The van der Waals surface area contributed by atoms with Gasteiger partial charge in [0.25, 0.3) is 0 Å². The van der Waals surface area contributed by atoms with Gasteiger partial charge in [0.1, 0.15) is 0 Å². The van der Waals surface area contributed by atoms with Crippen LogP contribution in [0, 0.1) is 3.57 Å². The largest absolute Gasteiger partial charge is 0.340 e. The summed E-state index contributed by atoms with van der Waals surface area (Å²) in [5, 5.41) is 4.84. The van der Waals surface area contributed by atoms with E-state index in [-0.39, 0.29) is 0 Å². The van der Waals surface area contributed by atoms with Crippen LogP contribution < -0.4 is 15.5 Å². The Kier molecular flexibility index (Phi) is 4.53. The van der Waals surface area contributed by atoms with E-state index in [1.54, 1.807) is 12.1 Å². The van der Waals surface area contributed by atoms with E-state index in [0.29, 0.717) is 5.69 Å². The number of anilines is 1. The Morgan fingerprint density at radius 1 is 1.06 bits per heavy atom. The van der Waals surface area contributed by atoms with Crippen LogP contribution in [0.1, 0.15) is 0 Å². The molecule has 86 valence electrons. The average molecular weight is 333 g/mol. The minimum Gasteiger partial charge on any atom is -0.340 e. The predicted molar refractivity (Wildman–Crippen MR) is 70.5 cm³/mol. The number of amides is 4. The van der Waals surface area contributed by atoms with Gasteiger partial charge in [-0.25, -0.2) is 14.5 Å². The van der Waals surface area contributed by atoms with E-state index in [2.05, 4.69) is 33.2 Å². The maximum atomic E-state index is 11.5. The molecule has 1 aromatic carbocycles. The number of nitrogens with zero attached hydrogens (tertiary/aromatic N) is 1. The molecule has 0 heterocycles. The van der Waals surface area contributed by atoms with Gasteiger partial charge >= 0.3 is 12.1 Å². The van der Waals surface area contributed by atoms with E-state index in [4.69, 9.17) is 0 Å². The lowest BCUT2D eigenvalue weighted by molar-refractivity contribution is 0.236. The van der Waals surface area contributed by atoms with Crippen molar-refractivity contribution in [2.75, 3.05) is 19.0 Å². The molecule has 0 saturated carbocycles. The van der Waals surface area contributed by atoms with Crippen LogP contribution in [-0.4, -0.2) is 26.2 Å². The number of nitrogens with one attached hydrogen (secondary N) is 2. The SMILES string of the molecule is CNC(=O)N(C(=O)NC)c1ccc(I)cc1. The third-order valence-electron chi connectivity index (χ3n) is 1.92. The lowest BCUT2D eigenvalue weighted by Crippen LogP contribution is -2.46. The number of hydrogen-bond donors (Lipinski definition) is 2. The molecule has 0 bridgehead atoms. The van der Waals surface area contributed by atoms with Gasteiger partial charge in [-0.05, 0) is 46.9 Å². The summed E-state index contributed by atoms with van der Waals surface area (Å²) < 4.78 is 1.04. The van der Waals surface area contributed by atoms with Crippen molar-refractivity contribution in [3.63, 3.8) is 0 Å². The summed E-state index contributed by atoms with van der Waals surface area (Å²) in [5.41, 5.74) is 0.527. The minimum atomic E-state index is -0.472. The first-order valence-corrected chi connectivity index (χ1v) is 5.67. The molecule has 0 unspecified atom stereocenters. The minimum absolute atomic E-state index is 0.472. The Bertz CT molecular complexity index is 376. The Labute approximate surface area is 107 Å². The van der Waals surface area contributed by atoms with E-state index in [1.807, 2.05) is 12.1 Å². The zero-order valence-corrected chi connectivity index (χ0v) is 11.1. The van der Waals surface area contributed by atoms with Crippen molar-refractivity contribution in [2.24, 2.45) is 0 Å². The highest BCUT2D eigenvalue weighted by atomic mass is 127. The highest BCUT2D eigenvalue weighted by Gasteiger charge is 2.20. The lowest BCUT2D eigenvalue weighted by atomic mass is 10.3. The Morgan fingerprint density at radius 3 is 1.88 bits per heavy atom. The molecule has 0 saturated heterocycles. The fourth-order valence-electron chi connectivity index (χ4n) is 1.14. The van der Waals surface area contributed by atoms with Gasteiger partial charge < -0.3 is 10.6 Å². The maximum Gasteiger partial charge on any atom is 0.329 e. The number of rotatable bonds is 1. The molecule has 0 aliphatic rings. The summed E-state index contributed by atoms with van der Waals surface area (Å²) >= 11 is 2.15. The lowest BCUT2D eigenvalue weighted by Gasteiger charge is -2.19. The first-order valence-electron chi connectivity index (χ1n) is 4.59. The Balaban J connectivity index is 3.06. The topological polar surface area (TPSA) is 61.4 Å². The molecule has 0 aliphatic carbocycles. The standard InChI is InChI=1S/C10H12IN3O2/c1-12-9(15)14(10(16)13-2)8-5-3-7(11)4-6-8/h3-6H,1-2H3,(H,12,15)(H,13,16). The first kappa shape index (κ1) is 12.8. The smallest absolute Gasteiger partial charge is 0.329 e. The molecule has 1 aromatic rings. The summed E-state index contributed by atoms with van der Waals surface area (Å²) in [6.07, 6.45) is 0. The van der Waals surface area contributed by atoms with Crippen LogP contribution in [0.25, 0.3) is 0 Å². The van der Waals surface area contributed by atoms with Gasteiger partial charge in [-0.2, -0.15) is 0 Å². The van der Waals surface area contributed by atoms with Crippen LogP contribution in [0.4, 0.5) is 15.3 Å². The molecule has 0 spiro atoms. The number of carbonyl (C=O) groups excluding carboxylic acids is 2. The number of carbonyl (C=O) groups is 2. The van der Waals surface area contributed by atoms with Crippen LogP contribution in [0.3, 0.4) is 0 Å². The van der Waals surface area contributed by atoms with Crippen molar-refractivity contribution in [1.29, 1.82) is 0 Å². The molecular weight excluding hydrogens is 321 g/mol. The summed E-state index contributed by atoms with van der Waals surface area (Å²) in [4.78, 5) is 24.1. The maximum absolute atomic E-state index is 11.5. The predicted octanol–water partition coefficient (Wildman–Crippen LogP) is 1.78. The quantitative estimate of drug-likeness (QED) is 0.770. The van der Waals surface area contributed by atoms with E-state index in [1.165, 1.54) is 14.1 Å². The van der Waals surface area contributed by atoms with E-state index in [9.17, 15) is 9.59 Å². The molecular formula is C10H12IN3O2. The summed E-state index contributed by atoms with van der Waals surface area (Å²) in [6, 6.07) is 6.14. The fraction of sp³-hybridized carbons (Fsp3) is 0.200. The van der Waals surface area contributed by atoms with E-state index >= 15 is 0 Å². The normalized spacial score (nSPS) is 9.44. The molecule has 2 N–H and O–H groups in total. The van der Waals surface area contributed by atoms with Gasteiger partial charge in [0.2, 0.25) is 0 Å². The molecule has 0 aliphatic heterocycles.